The summed E-state index contributed by atoms with van der Waals surface area (Å²) < 4.78 is 36.5. The third kappa shape index (κ3) is 4.79. The van der Waals surface area contributed by atoms with E-state index in [0.29, 0.717) is 6.42 Å². The molecule has 1 rings (SSSR count). The van der Waals surface area contributed by atoms with Crippen LogP contribution in [0.3, 0.4) is 0 Å². The second-order valence-electron chi connectivity index (χ2n) is 4.81. The SMILES string of the molecule is CCC(C)C(=O)OCC(=O)OC1(C)COS(=O)(=O)C1. The quantitative estimate of drug-likeness (QED) is 0.529. The number of hydrogen-bond acceptors (Lipinski definition) is 7. The second-order valence-corrected chi connectivity index (χ2v) is 6.44. The van der Waals surface area contributed by atoms with Gasteiger partial charge in [0.15, 0.2) is 12.2 Å². The molecule has 8 heteroatoms. The number of rotatable bonds is 5. The normalized spacial score (nSPS) is 26.7. The first-order valence-electron chi connectivity index (χ1n) is 5.93. The lowest BCUT2D eigenvalue weighted by Gasteiger charge is -2.20. The largest absolute Gasteiger partial charge is 0.453 e. The van der Waals surface area contributed by atoms with E-state index in [0.717, 1.165) is 0 Å². The molecule has 1 aliphatic rings. The molecule has 0 bridgehead atoms. The van der Waals surface area contributed by atoms with Crippen molar-refractivity contribution in [2.45, 2.75) is 32.8 Å². The van der Waals surface area contributed by atoms with Gasteiger partial charge < -0.3 is 9.47 Å². The van der Waals surface area contributed by atoms with E-state index in [4.69, 9.17) is 9.47 Å². The molecule has 2 atom stereocenters. The monoisotopic (exact) mass is 294 g/mol. The Kier molecular flexibility index (Phi) is 4.92. The molecule has 0 aromatic carbocycles. The van der Waals surface area contributed by atoms with Crippen molar-refractivity contribution >= 4 is 22.1 Å². The van der Waals surface area contributed by atoms with Crippen LogP contribution < -0.4 is 0 Å². The number of ether oxygens (including phenoxy) is 2. The van der Waals surface area contributed by atoms with Crippen LogP contribution in [0.5, 0.6) is 0 Å². The molecule has 0 amide bonds. The van der Waals surface area contributed by atoms with E-state index in [2.05, 4.69) is 4.18 Å². The predicted octanol–water partition coefficient (Wildman–Crippen LogP) is 0.238. The van der Waals surface area contributed by atoms with Gasteiger partial charge in [0.2, 0.25) is 0 Å². The number of carbonyl (C=O) groups is 2. The summed E-state index contributed by atoms with van der Waals surface area (Å²) >= 11 is 0. The fraction of sp³-hybridized carbons (Fsp3) is 0.818. The van der Waals surface area contributed by atoms with Crippen LogP contribution in [0.4, 0.5) is 0 Å². The van der Waals surface area contributed by atoms with Gasteiger partial charge in [-0.1, -0.05) is 13.8 Å². The Labute approximate surface area is 112 Å². The average Bonchev–Trinajstić information content (AvgIpc) is 2.59. The predicted molar refractivity (Wildman–Crippen MR) is 64.6 cm³/mol. The van der Waals surface area contributed by atoms with Gasteiger partial charge >= 0.3 is 11.9 Å². The number of carbonyl (C=O) groups excluding carboxylic acids is 2. The summed E-state index contributed by atoms with van der Waals surface area (Å²) in [4.78, 5) is 22.8. The number of hydrogen-bond donors (Lipinski definition) is 0. The Balaban J connectivity index is 2.42. The molecule has 1 heterocycles. The Morgan fingerprint density at radius 3 is 2.53 bits per heavy atom. The summed E-state index contributed by atoms with van der Waals surface area (Å²) in [7, 11) is -3.63. The fourth-order valence-electron chi connectivity index (χ4n) is 1.47. The highest BCUT2D eigenvalue weighted by Gasteiger charge is 2.43. The topological polar surface area (TPSA) is 96.0 Å². The number of esters is 2. The van der Waals surface area contributed by atoms with Crippen LogP contribution in [0.2, 0.25) is 0 Å². The summed E-state index contributed by atoms with van der Waals surface area (Å²) in [5, 5.41) is 0. The van der Waals surface area contributed by atoms with Crippen LogP contribution in [0.15, 0.2) is 0 Å². The molecule has 0 saturated carbocycles. The van der Waals surface area contributed by atoms with E-state index in [-0.39, 0.29) is 12.5 Å². The Morgan fingerprint density at radius 2 is 2.05 bits per heavy atom. The lowest BCUT2D eigenvalue weighted by molar-refractivity contribution is -0.169. The summed E-state index contributed by atoms with van der Waals surface area (Å²) in [5.41, 5.74) is -1.22. The van der Waals surface area contributed by atoms with Crippen molar-refractivity contribution in [1.82, 2.24) is 0 Å². The highest BCUT2D eigenvalue weighted by atomic mass is 32.2. The van der Waals surface area contributed by atoms with Crippen molar-refractivity contribution in [3.8, 4) is 0 Å². The molecule has 2 unspecified atom stereocenters. The molecule has 0 aromatic heterocycles. The lowest BCUT2D eigenvalue weighted by Crippen LogP contribution is -2.37. The van der Waals surface area contributed by atoms with E-state index in [9.17, 15) is 18.0 Å². The van der Waals surface area contributed by atoms with Gasteiger partial charge in [-0.3, -0.25) is 8.98 Å². The summed E-state index contributed by atoms with van der Waals surface area (Å²) in [6, 6.07) is 0. The minimum Gasteiger partial charge on any atom is -0.453 e. The lowest BCUT2D eigenvalue weighted by atomic mass is 10.1. The van der Waals surface area contributed by atoms with Crippen molar-refractivity contribution in [2.24, 2.45) is 5.92 Å². The van der Waals surface area contributed by atoms with Crippen molar-refractivity contribution in [3.63, 3.8) is 0 Å². The highest BCUT2D eigenvalue weighted by molar-refractivity contribution is 7.87. The van der Waals surface area contributed by atoms with Crippen LogP contribution in [0, 0.1) is 5.92 Å². The van der Waals surface area contributed by atoms with Gasteiger partial charge in [0.1, 0.15) is 12.4 Å². The minimum atomic E-state index is -3.63. The van der Waals surface area contributed by atoms with E-state index in [1.165, 1.54) is 6.92 Å². The highest BCUT2D eigenvalue weighted by Crippen LogP contribution is 2.23. The third-order valence-corrected chi connectivity index (χ3v) is 4.17. The molecular weight excluding hydrogens is 276 g/mol. The maximum absolute atomic E-state index is 11.5. The summed E-state index contributed by atoms with van der Waals surface area (Å²) in [6.07, 6.45) is 0.609. The molecule has 7 nitrogen and oxygen atoms in total. The van der Waals surface area contributed by atoms with Gasteiger partial charge in [0.05, 0.1) is 5.92 Å². The van der Waals surface area contributed by atoms with Gasteiger partial charge in [-0.15, -0.1) is 0 Å². The van der Waals surface area contributed by atoms with Gasteiger partial charge in [-0.2, -0.15) is 8.42 Å². The van der Waals surface area contributed by atoms with Gasteiger partial charge in [0, 0.05) is 0 Å². The standard InChI is InChI=1S/C11H18O7S/c1-4-8(2)10(13)16-5-9(12)18-11(3)6-17-19(14,15)7-11/h8H,4-7H2,1-3H3. The molecule has 0 spiro atoms. The van der Waals surface area contributed by atoms with Crippen LogP contribution in [0.1, 0.15) is 27.2 Å². The second kappa shape index (κ2) is 5.87. The van der Waals surface area contributed by atoms with E-state index >= 15 is 0 Å². The molecular formula is C11H18O7S. The van der Waals surface area contributed by atoms with E-state index < -0.39 is 40.0 Å². The maximum atomic E-state index is 11.5. The first-order chi connectivity index (χ1) is 8.67. The average molecular weight is 294 g/mol. The smallest absolute Gasteiger partial charge is 0.344 e. The van der Waals surface area contributed by atoms with Crippen LogP contribution in [-0.4, -0.2) is 44.9 Å². The maximum Gasteiger partial charge on any atom is 0.344 e. The third-order valence-electron chi connectivity index (χ3n) is 2.73. The zero-order valence-electron chi connectivity index (χ0n) is 11.2. The molecule has 110 valence electrons. The van der Waals surface area contributed by atoms with Crippen molar-refractivity contribution in [1.29, 1.82) is 0 Å². The molecule has 1 fully saturated rings. The first-order valence-corrected chi connectivity index (χ1v) is 7.51. The van der Waals surface area contributed by atoms with Crippen molar-refractivity contribution < 1.29 is 31.7 Å². The molecule has 0 N–H and O–H groups in total. The van der Waals surface area contributed by atoms with Crippen LogP contribution in [-0.2, 0) is 33.4 Å². The molecule has 0 aromatic rings. The molecule has 0 radical (unpaired) electrons. The molecule has 19 heavy (non-hydrogen) atoms. The van der Waals surface area contributed by atoms with Crippen LogP contribution in [0.25, 0.3) is 0 Å². The Bertz CT molecular complexity index is 456. The van der Waals surface area contributed by atoms with E-state index in [1.807, 2.05) is 6.92 Å². The van der Waals surface area contributed by atoms with Crippen molar-refractivity contribution in [2.75, 3.05) is 19.0 Å². The Hall–Kier alpha value is -1.15. The summed E-state index contributed by atoms with van der Waals surface area (Å²) in [6.45, 7) is 4.21. The zero-order chi connectivity index (χ0) is 14.7. The summed E-state index contributed by atoms with van der Waals surface area (Å²) in [5.74, 6) is -1.97. The van der Waals surface area contributed by atoms with Gasteiger partial charge in [-0.05, 0) is 13.3 Å². The molecule has 1 saturated heterocycles. The first kappa shape index (κ1) is 15.9. The van der Waals surface area contributed by atoms with Crippen molar-refractivity contribution in [3.05, 3.63) is 0 Å². The molecule has 1 aliphatic heterocycles. The van der Waals surface area contributed by atoms with Crippen LogP contribution >= 0.6 is 0 Å². The zero-order valence-corrected chi connectivity index (χ0v) is 12.0. The van der Waals surface area contributed by atoms with Gasteiger partial charge in [-0.25, -0.2) is 4.79 Å². The van der Waals surface area contributed by atoms with Gasteiger partial charge in [0.25, 0.3) is 10.1 Å². The molecule has 0 aliphatic carbocycles. The fourth-order valence-corrected chi connectivity index (χ4v) is 2.88. The Morgan fingerprint density at radius 1 is 1.42 bits per heavy atom. The van der Waals surface area contributed by atoms with E-state index in [1.54, 1.807) is 6.92 Å². The minimum absolute atomic E-state index is 0.222.